The van der Waals surface area contributed by atoms with Gasteiger partial charge < -0.3 is 19.5 Å². The van der Waals surface area contributed by atoms with Gasteiger partial charge in [-0.25, -0.2) is 0 Å². The zero-order valence-corrected chi connectivity index (χ0v) is 17.2. The number of furan rings is 1. The van der Waals surface area contributed by atoms with Gasteiger partial charge in [-0.15, -0.1) is 0 Å². The van der Waals surface area contributed by atoms with Crippen LogP contribution in [-0.4, -0.2) is 56.0 Å². The molecule has 0 atom stereocenters. The van der Waals surface area contributed by atoms with Crippen molar-refractivity contribution in [2.75, 3.05) is 39.3 Å². The number of hydrogen-bond acceptors (Lipinski definition) is 3. The van der Waals surface area contributed by atoms with E-state index in [0.29, 0.717) is 30.8 Å². The maximum atomic E-state index is 12.8. The highest BCUT2D eigenvalue weighted by molar-refractivity contribution is 5.95. The lowest BCUT2D eigenvalue weighted by Gasteiger charge is -2.24. The highest BCUT2D eigenvalue weighted by Crippen LogP contribution is 2.16. The van der Waals surface area contributed by atoms with Gasteiger partial charge in [0.1, 0.15) is 11.5 Å². The highest BCUT2D eigenvalue weighted by atomic mass is 16.3. The Morgan fingerprint density at radius 1 is 1.19 bits per heavy atom. The molecule has 0 aromatic carbocycles. The predicted molar refractivity (Wildman–Crippen MR) is 106 cm³/mol. The van der Waals surface area contributed by atoms with E-state index in [-0.39, 0.29) is 11.8 Å². The van der Waals surface area contributed by atoms with E-state index in [4.69, 9.17) is 4.42 Å². The maximum absolute atomic E-state index is 12.8. The zero-order chi connectivity index (χ0) is 19.6. The first kappa shape index (κ1) is 21.5. The molecule has 0 saturated carbocycles. The summed E-state index contributed by atoms with van der Waals surface area (Å²) >= 11 is 0. The fourth-order valence-corrected chi connectivity index (χ4v) is 3.68. The fraction of sp³-hybridized carbons (Fsp3) is 0.714. The van der Waals surface area contributed by atoms with Crippen LogP contribution >= 0.6 is 0 Å². The van der Waals surface area contributed by atoms with Gasteiger partial charge in [-0.1, -0.05) is 13.3 Å². The molecule has 1 fully saturated rings. The minimum Gasteiger partial charge on any atom is -0.466 e. The van der Waals surface area contributed by atoms with Crippen molar-refractivity contribution in [3.8, 4) is 0 Å². The summed E-state index contributed by atoms with van der Waals surface area (Å²) < 4.78 is 5.50. The van der Waals surface area contributed by atoms with E-state index < -0.39 is 0 Å². The minimum atomic E-state index is -0.0386. The number of carbonyl (C=O) groups excluding carboxylic acids is 2. The van der Waals surface area contributed by atoms with Crippen LogP contribution in [0.5, 0.6) is 0 Å². The van der Waals surface area contributed by atoms with Gasteiger partial charge in [0, 0.05) is 19.5 Å². The fourth-order valence-electron chi connectivity index (χ4n) is 3.68. The summed E-state index contributed by atoms with van der Waals surface area (Å²) in [7, 11) is 0. The molecule has 2 N–H and O–H groups in total. The molecule has 2 rings (SSSR count). The molecule has 27 heavy (non-hydrogen) atoms. The number of nitrogens with one attached hydrogen (secondary N) is 2. The number of hydrogen-bond donors (Lipinski definition) is 2. The second-order valence-corrected chi connectivity index (χ2v) is 7.63. The predicted octanol–water partition coefficient (Wildman–Crippen LogP) is 1.71. The van der Waals surface area contributed by atoms with Crippen LogP contribution in [0.15, 0.2) is 10.5 Å². The maximum Gasteiger partial charge on any atom is 0.257 e. The average Bonchev–Trinajstić information content (AvgIpc) is 3.00. The van der Waals surface area contributed by atoms with Crippen molar-refractivity contribution in [3.05, 3.63) is 23.2 Å². The van der Waals surface area contributed by atoms with Crippen LogP contribution in [0.25, 0.3) is 0 Å². The lowest BCUT2D eigenvalue weighted by molar-refractivity contribution is -0.903. The van der Waals surface area contributed by atoms with Gasteiger partial charge in [0.2, 0.25) is 5.91 Å². The molecule has 152 valence electrons. The Balaban J connectivity index is 1.79. The SMILES string of the molecule is CCCCN(CCC(=O)NCC[NH+]1CCCCC1)C(=O)c1cc(C)oc1C. The third-order valence-corrected chi connectivity index (χ3v) is 5.31. The smallest absolute Gasteiger partial charge is 0.257 e. The van der Waals surface area contributed by atoms with Crippen LogP contribution in [0, 0.1) is 13.8 Å². The Labute approximate surface area is 163 Å². The monoisotopic (exact) mass is 378 g/mol. The molecule has 1 aromatic heterocycles. The Morgan fingerprint density at radius 3 is 2.56 bits per heavy atom. The zero-order valence-electron chi connectivity index (χ0n) is 17.2. The first-order valence-corrected chi connectivity index (χ1v) is 10.5. The van der Waals surface area contributed by atoms with Crippen molar-refractivity contribution in [1.82, 2.24) is 10.2 Å². The van der Waals surface area contributed by atoms with E-state index in [9.17, 15) is 9.59 Å². The number of unbranched alkanes of at least 4 members (excludes halogenated alkanes) is 1. The van der Waals surface area contributed by atoms with Crippen LogP contribution in [0.2, 0.25) is 0 Å². The molecule has 1 aliphatic rings. The second kappa shape index (κ2) is 11.1. The van der Waals surface area contributed by atoms with E-state index in [1.54, 1.807) is 15.9 Å². The summed E-state index contributed by atoms with van der Waals surface area (Å²) in [4.78, 5) is 28.4. The molecule has 1 aliphatic heterocycles. The molecule has 0 spiro atoms. The summed E-state index contributed by atoms with van der Waals surface area (Å²) in [5.74, 6) is 1.38. The topological polar surface area (TPSA) is 67.0 Å². The van der Waals surface area contributed by atoms with Crippen LogP contribution in [0.3, 0.4) is 0 Å². The Bertz CT molecular complexity index is 606. The number of rotatable bonds is 10. The van der Waals surface area contributed by atoms with Gasteiger partial charge in [0.15, 0.2) is 0 Å². The van der Waals surface area contributed by atoms with E-state index in [1.165, 1.54) is 32.4 Å². The van der Waals surface area contributed by atoms with Crippen molar-refractivity contribution in [2.45, 2.75) is 59.3 Å². The molecular weight excluding hydrogens is 342 g/mol. The van der Waals surface area contributed by atoms with Crippen LogP contribution in [0.1, 0.15) is 67.3 Å². The summed E-state index contributed by atoms with van der Waals surface area (Å²) in [6, 6.07) is 1.79. The van der Waals surface area contributed by atoms with Gasteiger partial charge in [0.25, 0.3) is 5.91 Å². The first-order chi connectivity index (χ1) is 13.0. The second-order valence-electron chi connectivity index (χ2n) is 7.63. The van der Waals surface area contributed by atoms with Gasteiger partial charge in [-0.05, 0) is 45.6 Å². The largest absolute Gasteiger partial charge is 0.466 e. The Hall–Kier alpha value is -1.82. The van der Waals surface area contributed by atoms with Crippen LogP contribution in [0.4, 0.5) is 0 Å². The molecule has 6 nitrogen and oxygen atoms in total. The number of aryl methyl sites for hydroxylation is 2. The summed E-state index contributed by atoms with van der Waals surface area (Å²) in [6.45, 7) is 11.0. The van der Waals surface area contributed by atoms with Gasteiger partial charge in [-0.3, -0.25) is 9.59 Å². The lowest BCUT2D eigenvalue weighted by atomic mass is 10.1. The average molecular weight is 379 g/mol. The standard InChI is InChI=1S/C21H35N3O3/c1-4-5-13-24(21(26)19-16-17(2)27-18(19)3)14-9-20(25)22-10-15-23-11-7-6-8-12-23/h16H,4-15H2,1-3H3,(H,22,25)/p+1. The molecule has 0 bridgehead atoms. The van der Waals surface area contributed by atoms with E-state index in [0.717, 1.165) is 31.7 Å². The quantitative estimate of drug-likeness (QED) is 0.651. The summed E-state index contributed by atoms with van der Waals surface area (Å²) in [6.07, 6.45) is 6.22. The van der Waals surface area contributed by atoms with Crippen molar-refractivity contribution < 1.29 is 18.9 Å². The third-order valence-electron chi connectivity index (χ3n) is 5.31. The molecular formula is C21H36N3O3+. The van der Waals surface area contributed by atoms with Crippen LogP contribution in [-0.2, 0) is 4.79 Å². The normalized spacial score (nSPS) is 14.9. The van der Waals surface area contributed by atoms with Gasteiger partial charge in [0.05, 0.1) is 31.7 Å². The van der Waals surface area contributed by atoms with Crippen molar-refractivity contribution >= 4 is 11.8 Å². The van der Waals surface area contributed by atoms with E-state index >= 15 is 0 Å². The highest BCUT2D eigenvalue weighted by Gasteiger charge is 2.21. The molecule has 1 aromatic rings. The molecule has 0 unspecified atom stereocenters. The van der Waals surface area contributed by atoms with Crippen molar-refractivity contribution in [2.24, 2.45) is 0 Å². The molecule has 6 heteroatoms. The molecule has 2 amide bonds. The number of piperidine rings is 1. The molecule has 0 radical (unpaired) electrons. The summed E-state index contributed by atoms with van der Waals surface area (Å²) in [5.41, 5.74) is 0.609. The van der Waals surface area contributed by atoms with Crippen molar-refractivity contribution in [1.29, 1.82) is 0 Å². The third kappa shape index (κ3) is 7.01. The summed E-state index contributed by atoms with van der Waals surface area (Å²) in [5, 5.41) is 3.02. The number of quaternary nitrogens is 1. The van der Waals surface area contributed by atoms with E-state index in [2.05, 4.69) is 12.2 Å². The molecule has 0 aliphatic carbocycles. The number of nitrogens with zero attached hydrogens (tertiary/aromatic N) is 1. The minimum absolute atomic E-state index is 0.0285. The van der Waals surface area contributed by atoms with Gasteiger partial charge >= 0.3 is 0 Å². The lowest BCUT2D eigenvalue weighted by Crippen LogP contribution is -3.13. The number of likely N-dealkylation sites (tertiary alicyclic amines) is 1. The Kier molecular flexibility index (Phi) is 8.85. The number of carbonyl (C=O) groups is 2. The first-order valence-electron chi connectivity index (χ1n) is 10.5. The Morgan fingerprint density at radius 2 is 1.93 bits per heavy atom. The number of amides is 2. The van der Waals surface area contributed by atoms with Gasteiger partial charge in [-0.2, -0.15) is 0 Å². The van der Waals surface area contributed by atoms with Crippen molar-refractivity contribution in [3.63, 3.8) is 0 Å². The molecule has 1 saturated heterocycles. The van der Waals surface area contributed by atoms with Crippen LogP contribution < -0.4 is 10.2 Å². The van der Waals surface area contributed by atoms with E-state index in [1.807, 2.05) is 13.8 Å². The molecule has 2 heterocycles.